The molecule has 6 heteroatoms. The highest BCUT2D eigenvalue weighted by Gasteiger charge is 2.31. The molecule has 0 bridgehead atoms. The van der Waals surface area contributed by atoms with Crippen molar-refractivity contribution in [2.45, 2.75) is 58.0 Å². The Bertz CT molecular complexity index is 850. The molecule has 5 nitrogen and oxygen atoms in total. The van der Waals surface area contributed by atoms with Crippen LogP contribution in [0.1, 0.15) is 61.6 Å². The van der Waals surface area contributed by atoms with Crippen molar-refractivity contribution in [2.24, 2.45) is 0 Å². The number of nitrogens with one attached hydrogen (secondary N) is 2. The quantitative estimate of drug-likeness (QED) is 0.759. The van der Waals surface area contributed by atoms with Crippen molar-refractivity contribution >= 4 is 17.2 Å². The Hall–Kier alpha value is -1.76. The molecule has 2 aliphatic heterocycles. The molecule has 0 spiro atoms. The molecule has 1 aromatic heterocycles. The van der Waals surface area contributed by atoms with Gasteiger partial charge in [0.15, 0.2) is 0 Å². The first-order valence-electron chi connectivity index (χ1n) is 10.8. The van der Waals surface area contributed by atoms with E-state index >= 15 is 0 Å². The van der Waals surface area contributed by atoms with Gasteiger partial charge in [-0.2, -0.15) is 0 Å². The molecule has 29 heavy (non-hydrogen) atoms. The highest BCUT2D eigenvalue weighted by atomic mass is 32.1. The number of carbonyl (C=O) groups is 1. The highest BCUT2D eigenvalue weighted by molar-refractivity contribution is 7.15. The molecule has 2 N–H and O–H groups in total. The Morgan fingerprint density at radius 3 is 2.72 bits per heavy atom. The Balaban J connectivity index is 1.55. The highest BCUT2D eigenvalue weighted by Crippen LogP contribution is 2.37. The number of nitrogens with zero attached hydrogens (tertiary/aromatic N) is 2. The predicted molar refractivity (Wildman–Crippen MR) is 119 cm³/mol. The zero-order valence-corrected chi connectivity index (χ0v) is 18.5. The van der Waals surface area contributed by atoms with Gasteiger partial charge in [0, 0.05) is 44.7 Å². The molecule has 2 saturated heterocycles. The molecule has 0 saturated carbocycles. The largest absolute Gasteiger partial charge is 0.352 e. The van der Waals surface area contributed by atoms with Gasteiger partial charge in [-0.1, -0.05) is 12.1 Å². The fourth-order valence-corrected chi connectivity index (χ4v) is 5.34. The summed E-state index contributed by atoms with van der Waals surface area (Å²) in [6.45, 7) is 11.1. The van der Waals surface area contributed by atoms with Gasteiger partial charge in [-0.05, 0) is 68.5 Å². The summed E-state index contributed by atoms with van der Waals surface area (Å²) >= 11 is 1.84. The van der Waals surface area contributed by atoms with Crippen LogP contribution in [0.4, 0.5) is 0 Å². The van der Waals surface area contributed by atoms with Crippen LogP contribution in [-0.4, -0.2) is 48.0 Å². The van der Waals surface area contributed by atoms with E-state index in [4.69, 9.17) is 4.98 Å². The van der Waals surface area contributed by atoms with E-state index in [2.05, 4.69) is 47.6 Å². The smallest absolute Gasteiger partial charge is 0.217 e. The molecule has 2 aliphatic rings. The average Bonchev–Trinajstić information content (AvgIpc) is 3.15. The fourth-order valence-electron chi connectivity index (χ4n) is 4.34. The third-order valence-corrected chi connectivity index (χ3v) is 7.46. The van der Waals surface area contributed by atoms with Crippen LogP contribution in [0.25, 0.3) is 10.4 Å². The van der Waals surface area contributed by atoms with Crippen LogP contribution in [0.3, 0.4) is 0 Å². The minimum atomic E-state index is 0.0216. The van der Waals surface area contributed by atoms with Crippen molar-refractivity contribution in [2.75, 3.05) is 26.2 Å². The molecule has 4 rings (SSSR count). The van der Waals surface area contributed by atoms with Gasteiger partial charge in [-0.25, -0.2) is 4.98 Å². The number of thiazole rings is 1. The summed E-state index contributed by atoms with van der Waals surface area (Å²) in [4.78, 5) is 19.9. The van der Waals surface area contributed by atoms with Crippen LogP contribution in [-0.2, 0) is 11.3 Å². The number of hydrogen-bond donors (Lipinski definition) is 2. The van der Waals surface area contributed by atoms with Gasteiger partial charge in [0.2, 0.25) is 5.91 Å². The Morgan fingerprint density at radius 2 is 2.03 bits per heavy atom. The number of rotatable bonds is 6. The van der Waals surface area contributed by atoms with Gasteiger partial charge in [0.05, 0.1) is 9.88 Å². The SMILES string of the molecule is CC(=O)NCc1ccc(-c2cnc(C3CN(C(C)C)C3)s2)cc1C1CCNCC1. The second-order valence-corrected chi connectivity index (χ2v) is 9.72. The summed E-state index contributed by atoms with van der Waals surface area (Å²) in [6.07, 6.45) is 4.35. The van der Waals surface area contributed by atoms with E-state index in [1.807, 2.05) is 17.5 Å². The molecule has 0 unspecified atom stereocenters. The summed E-state index contributed by atoms with van der Waals surface area (Å²) in [6, 6.07) is 7.37. The second kappa shape index (κ2) is 8.94. The van der Waals surface area contributed by atoms with E-state index < -0.39 is 0 Å². The average molecular weight is 413 g/mol. The van der Waals surface area contributed by atoms with Crippen LogP contribution in [0.15, 0.2) is 24.4 Å². The summed E-state index contributed by atoms with van der Waals surface area (Å²) in [5.41, 5.74) is 3.89. The first-order chi connectivity index (χ1) is 14.0. The molecular weight excluding hydrogens is 380 g/mol. The lowest BCUT2D eigenvalue weighted by Crippen LogP contribution is -2.48. The van der Waals surface area contributed by atoms with Crippen molar-refractivity contribution in [3.05, 3.63) is 40.5 Å². The second-order valence-electron chi connectivity index (χ2n) is 8.65. The minimum Gasteiger partial charge on any atom is -0.352 e. The molecule has 0 aliphatic carbocycles. The minimum absolute atomic E-state index is 0.0216. The van der Waals surface area contributed by atoms with E-state index in [0.717, 1.165) is 39.0 Å². The van der Waals surface area contributed by atoms with Gasteiger partial charge < -0.3 is 10.6 Å². The number of piperidine rings is 1. The number of likely N-dealkylation sites (tertiary alicyclic amines) is 1. The molecule has 156 valence electrons. The first-order valence-corrected chi connectivity index (χ1v) is 11.6. The molecule has 3 heterocycles. The summed E-state index contributed by atoms with van der Waals surface area (Å²) in [5.74, 6) is 1.16. The monoisotopic (exact) mass is 412 g/mol. The van der Waals surface area contributed by atoms with Crippen molar-refractivity contribution < 1.29 is 4.79 Å². The maximum Gasteiger partial charge on any atom is 0.217 e. The van der Waals surface area contributed by atoms with E-state index in [1.165, 1.54) is 26.6 Å². The molecule has 0 radical (unpaired) electrons. The van der Waals surface area contributed by atoms with Gasteiger partial charge in [0.1, 0.15) is 0 Å². The Morgan fingerprint density at radius 1 is 1.28 bits per heavy atom. The van der Waals surface area contributed by atoms with Crippen LogP contribution in [0.2, 0.25) is 0 Å². The standard InChI is InChI=1S/C23H32N4OS/c1-15(2)27-13-20(14-27)23-26-12-22(29-23)18-4-5-19(11-25-16(3)28)21(10-18)17-6-8-24-9-7-17/h4-5,10,12,15,17,20,24H,6-9,11,13-14H2,1-3H3,(H,25,28). The maximum absolute atomic E-state index is 11.4. The lowest BCUT2D eigenvalue weighted by atomic mass is 9.86. The number of carbonyl (C=O) groups excluding carboxylic acids is 1. The third-order valence-electron chi connectivity index (χ3n) is 6.25. The van der Waals surface area contributed by atoms with Gasteiger partial charge in [-0.3, -0.25) is 9.69 Å². The zero-order valence-electron chi connectivity index (χ0n) is 17.7. The van der Waals surface area contributed by atoms with E-state index in [9.17, 15) is 4.79 Å². The van der Waals surface area contributed by atoms with E-state index in [-0.39, 0.29) is 5.91 Å². The van der Waals surface area contributed by atoms with E-state index in [0.29, 0.717) is 24.4 Å². The van der Waals surface area contributed by atoms with Crippen molar-refractivity contribution in [1.29, 1.82) is 0 Å². The van der Waals surface area contributed by atoms with Crippen molar-refractivity contribution in [3.63, 3.8) is 0 Å². The Labute approximate surface area is 177 Å². The zero-order chi connectivity index (χ0) is 20.4. The Kier molecular flexibility index (Phi) is 6.32. The van der Waals surface area contributed by atoms with Gasteiger partial charge >= 0.3 is 0 Å². The normalized spacial score (nSPS) is 18.8. The lowest BCUT2D eigenvalue weighted by Gasteiger charge is -2.41. The molecule has 1 amide bonds. The molecule has 2 fully saturated rings. The maximum atomic E-state index is 11.4. The summed E-state index contributed by atoms with van der Waals surface area (Å²) in [5, 5.41) is 7.70. The fraction of sp³-hybridized carbons (Fsp3) is 0.565. The molecule has 2 aromatic rings. The summed E-state index contributed by atoms with van der Waals surface area (Å²) < 4.78 is 0. The van der Waals surface area contributed by atoms with Crippen LogP contribution < -0.4 is 10.6 Å². The van der Waals surface area contributed by atoms with E-state index in [1.54, 1.807) is 6.92 Å². The van der Waals surface area contributed by atoms with Crippen molar-refractivity contribution in [3.8, 4) is 10.4 Å². The van der Waals surface area contributed by atoms with Gasteiger partial charge in [-0.15, -0.1) is 11.3 Å². The topological polar surface area (TPSA) is 57.3 Å². The number of benzene rings is 1. The third kappa shape index (κ3) is 4.71. The van der Waals surface area contributed by atoms with Crippen LogP contribution in [0, 0.1) is 0 Å². The summed E-state index contributed by atoms with van der Waals surface area (Å²) in [7, 11) is 0. The molecule has 0 atom stereocenters. The lowest BCUT2D eigenvalue weighted by molar-refractivity contribution is -0.119. The van der Waals surface area contributed by atoms with Crippen molar-refractivity contribution in [1.82, 2.24) is 20.5 Å². The number of aromatic nitrogens is 1. The first kappa shape index (κ1) is 20.5. The molecule has 1 aromatic carbocycles. The van der Waals surface area contributed by atoms with Gasteiger partial charge in [0.25, 0.3) is 0 Å². The number of amides is 1. The van der Waals surface area contributed by atoms with Crippen LogP contribution >= 0.6 is 11.3 Å². The molecular formula is C23H32N4OS. The number of hydrogen-bond acceptors (Lipinski definition) is 5. The van der Waals surface area contributed by atoms with Crippen LogP contribution in [0.5, 0.6) is 0 Å². The predicted octanol–water partition coefficient (Wildman–Crippen LogP) is 3.72.